The van der Waals surface area contributed by atoms with E-state index < -0.39 is 5.97 Å². The number of aromatic nitrogens is 2. The van der Waals surface area contributed by atoms with Crippen molar-refractivity contribution in [3.8, 4) is 0 Å². The minimum Gasteiger partial charge on any atom is -0.456 e. The first kappa shape index (κ1) is 13.4. The Hall–Kier alpha value is -2.62. The van der Waals surface area contributed by atoms with Crippen LogP contribution in [0.2, 0.25) is 0 Å². The monoisotopic (exact) mass is 280 g/mol. The maximum atomic E-state index is 12.1. The van der Waals surface area contributed by atoms with Gasteiger partial charge < -0.3 is 9.14 Å². The van der Waals surface area contributed by atoms with Crippen LogP contribution in [0.1, 0.15) is 27.3 Å². The molecule has 0 unspecified atom stereocenters. The molecular formula is C17H16N2O2. The molecule has 0 bridgehead atoms. The summed E-state index contributed by atoms with van der Waals surface area (Å²) in [7, 11) is 0. The third kappa shape index (κ3) is 2.79. The van der Waals surface area contributed by atoms with Gasteiger partial charge in [0.25, 0.3) is 0 Å². The number of esters is 1. The second-order valence-corrected chi connectivity index (χ2v) is 5.08. The highest BCUT2D eigenvalue weighted by atomic mass is 16.5. The van der Waals surface area contributed by atoms with Crippen molar-refractivity contribution >= 4 is 11.6 Å². The number of fused-ring (bicyclic) bond motifs is 1. The molecule has 3 rings (SSSR count). The highest BCUT2D eigenvalue weighted by Gasteiger charge is 2.13. The second kappa shape index (κ2) is 5.40. The fourth-order valence-corrected chi connectivity index (χ4v) is 2.15. The van der Waals surface area contributed by atoms with Gasteiger partial charge in [-0.2, -0.15) is 0 Å². The Bertz CT molecular complexity index is 788. The molecule has 0 saturated heterocycles. The lowest BCUT2D eigenvalue weighted by molar-refractivity contribution is 0.0466. The van der Waals surface area contributed by atoms with Gasteiger partial charge in [-0.25, -0.2) is 9.78 Å². The largest absolute Gasteiger partial charge is 0.456 e. The molecular weight excluding hydrogens is 264 g/mol. The van der Waals surface area contributed by atoms with E-state index in [1.165, 1.54) is 5.56 Å². The Labute approximate surface area is 123 Å². The van der Waals surface area contributed by atoms with Crippen LogP contribution in [0, 0.1) is 13.8 Å². The molecule has 0 spiro atoms. The topological polar surface area (TPSA) is 43.6 Å². The number of pyridine rings is 1. The van der Waals surface area contributed by atoms with Gasteiger partial charge in [-0.1, -0.05) is 35.9 Å². The Morgan fingerprint density at radius 3 is 2.62 bits per heavy atom. The lowest BCUT2D eigenvalue weighted by atomic mass is 10.2. The predicted octanol–water partition coefficient (Wildman–Crippen LogP) is 3.31. The van der Waals surface area contributed by atoms with Crippen molar-refractivity contribution in [1.29, 1.82) is 0 Å². The first-order valence-electron chi connectivity index (χ1n) is 6.81. The number of aryl methyl sites for hydroxylation is 2. The van der Waals surface area contributed by atoms with Gasteiger partial charge in [-0.05, 0) is 31.5 Å². The maximum Gasteiger partial charge on any atom is 0.358 e. The van der Waals surface area contributed by atoms with Gasteiger partial charge in [0.15, 0.2) is 5.69 Å². The SMILES string of the molecule is Cc1ccc(COC(=O)c2cn3c(C)cccc3n2)cc1. The highest BCUT2D eigenvalue weighted by Crippen LogP contribution is 2.11. The van der Waals surface area contributed by atoms with Crippen molar-refractivity contribution in [2.45, 2.75) is 20.5 Å². The summed E-state index contributed by atoms with van der Waals surface area (Å²) < 4.78 is 7.19. The standard InChI is InChI=1S/C17H16N2O2/c1-12-6-8-14(9-7-12)11-21-17(20)15-10-19-13(2)4-3-5-16(19)18-15/h3-10H,11H2,1-2H3. The van der Waals surface area contributed by atoms with Crippen molar-refractivity contribution in [2.24, 2.45) is 0 Å². The van der Waals surface area contributed by atoms with Crippen LogP contribution in [-0.2, 0) is 11.3 Å². The summed E-state index contributed by atoms with van der Waals surface area (Å²) in [5, 5.41) is 0. The molecule has 4 nitrogen and oxygen atoms in total. The Kier molecular flexibility index (Phi) is 3.44. The number of carbonyl (C=O) groups is 1. The number of benzene rings is 1. The van der Waals surface area contributed by atoms with E-state index in [-0.39, 0.29) is 6.61 Å². The van der Waals surface area contributed by atoms with Gasteiger partial charge in [-0.15, -0.1) is 0 Å². The zero-order valence-electron chi connectivity index (χ0n) is 12.0. The number of rotatable bonds is 3. The van der Waals surface area contributed by atoms with E-state index in [0.717, 1.165) is 16.9 Å². The molecule has 0 N–H and O–H groups in total. The molecule has 0 aliphatic carbocycles. The third-order valence-electron chi connectivity index (χ3n) is 3.40. The number of nitrogens with zero attached hydrogens (tertiary/aromatic N) is 2. The maximum absolute atomic E-state index is 12.1. The molecule has 21 heavy (non-hydrogen) atoms. The van der Waals surface area contributed by atoms with Gasteiger partial charge in [0.05, 0.1) is 0 Å². The molecule has 0 fully saturated rings. The van der Waals surface area contributed by atoms with E-state index in [9.17, 15) is 4.79 Å². The second-order valence-electron chi connectivity index (χ2n) is 5.08. The summed E-state index contributed by atoms with van der Waals surface area (Å²) in [6.45, 7) is 4.25. The molecule has 2 heterocycles. The molecule has 0 saturated carbocycles. The molecule has 0 aliphatic heterocycles. The zero-order chi connectivity index (χ0) is 14.8. The van der Waals surface area contributed by atoms with Crippen LogP contribution in [0.3, 0.4) is 0 Å². The van der Waals surface area contributed by atoms with Crippen LogP contribution >= 0.6 is 0 Å². The smallest absolute Gasteiger partial charge is 0.358 e. The van der Waals surface area contributed by atoms with E-state index in [1.807, 2.05) is 60.7 Å². The van der Waals surface area contributed by atoms with Gasteiger partial charge in [0, 0.05) is 11.9 Å². The van der Waals surface area contributed by atoms with E-state index in [0.29, 0.717) is 5.69 Å². The Morgan fingerprint density at radius 1 is 1.14 bits per heavy atom. The number of carbonyl (C=O) groups excluding carboxylic acids is 1. The van der Waals surface area contributed by atoms with Crippen molar-refractivity contribution < 1.29 is 9.53 Å². The van der Waals surface area contributed by atoms with Crippen LogP contribution in [0.4, 0.5) is 0 Å². The van der Waals surface area contributed by atoms with Crippen molar-refractivity contribution in [3.05, 3.63) is 71.2 Å². The average Bonchev–Trinajstić information content (AvgIpc) is 2.92. The number of ether oxygens (including phenoxy) is 1. The first-order chi connectivity index (χ1) is 10.1. The van der Waals surface area contributed by atoms with Crippen molar-refractivity contribution in [3.63, 3.8) is 0 Å². The molecule has 2 aromatic heterocycles. The molecule has 1 aromatic carbocycles. The normalized spacial score (nSPS) is 10.8. The fourth-order valence-electron chi connectivity index (χ4n) is 2.15. The van der Waals surface area contributed by atoms with Gasteiger partial charge in [-0.3, -0.25) is 0 Å². The molecule has 106 valence electrons. The average molecular weight is 280 g/mol. The van der Waals surface area contributed by atoms with Gasteiger partial charge in [0.2, 0.25) is 0 Å². The Balaban J connectivity index is 1.75. The van der Waals surface area contributed by atoms with Crippen LogP contribution in [-0.4, -0.2) is 15.4 Å². The van der Waals surface area contributed by atoms with Crippen LogP contribution < -0.4 is 0 Å². The molecule has 4 heteroatoms. The molecule has 0 aliphatic rings. The quantitative estimate of drug-likeness (QED) is 0.691. The van der Waals surface area contributed by atoms with E-state index in [4.69, 9.17) is 4.74 Å². The van der Waals surface area contributed by atoms with E-state index in [2.05, 4.69) is 4.98 Å². The summed E-state index contributed by atoms with van der Waals surface area (Å²) in [6.07, 6.45) is 1.71. The zero-order valence-corrected chi connectivity index (χ0v) is 12.0. The summed E-state index contributed by atoms with van der Waals surface area (Å²) in [5.41, 5.74) is 4.25. The molecule has 0 atom stereocenters. The molecule has 3 aromatic rings. The summed E-state index contributed by atoms with van der Waals surface area (Å²) in [5.74, 6) is -0.404. The van der Waals surface area contributed by atoms with E-state index in [1.54, 1.807) is 6.20 Å². The highest BCUT2D eigenvalue weighted by molar-refractivity contribution is 5.88. The predicted molar refractivity (Wildman–Crippen MR) is 80.2 cm³/mol. The number of hydrogen-bond acceptors (Lipinski definition) is 3. The van der Waals surface area contributed by atoms with Gasteiger partial charge in [0.1, 0.15) is 12.3 Å². The lowest BCUT2D eigenvalue weighted by Crippen LogP contribution is -2.05. The molecule has 0 amide bonds. The number of hydrogen-bond donors (Lipinski definition) is 0. The summed E-state index contributed by atoms with van der Waals surface area (Å²) >= 11 is 0. The lowest BCUT2D eigenvalue weighted by Gasteiger charge is -2.03. The van der Waals surface area contributed by atoms with Crippen LogP contribution in [0.5, 0.6) is 0 Å². The first-order valence-corrected chi connectivity index (χ1v) is 6.81. The summed E-state index contributed by atoms with van der Waals surface area (Å²) in [6, 6.07) is 13.7. The Morgan fingerprint density at radius 2 is 1.90 bits per heavy atom. The fraction of sp³-hybridized carbons (Fsp3) is 0.176. The van der Waals surface area contributed by atoms with E-state index >= 15 is 0 Å². The summed E-state index contributed by atoms with van der Waals surface area (Å²) in [4.78, 5) is 16.4. The van der Waals surface area contributed by atoms with Crippen LogP contribution in [0.15, 0.2) is 48.7 Å². The third-order valence-corrected chi connectivity index (χ3v) is 3.40. The minimum atomic E-state index is -0.404. The minimum absolute atomic E-state index is 0.256. The van der Waals surface area contributed by atoms with Crippen molar-refractivity contribution in [1.82, 2.24) is 9.38 Å². The van der Waals surface area contributed by atoms with Gasteiger partial charge >= 0.3 is 5.97 Å². The van der Waals surface area contributed by atoms with Crippen molar-refractivity contribution in [2.75, 3.05) is 0 Å². The van der Waals surface area contributed by atoms with Crippen LogP contribution in [0.25, 0.3) is 5.65 Å². The number of imidazole rings is 1. The molecule has 0 radical (unpaired) electrons.